The molecule has 1 heterocycles. The lowest BCUT2D eigenvalue weighted by molar-refractivity contribution is -0.140. The molecule has 2 aliphatic rings. The van der Waals surface area contributed by atoms with Crippen LogP contribution in [0.1, 0.15) is 24.0 Å². The number of ether oxygens (including phenoxy) is 2. The Labute approximate surface area is 92.8 Å². The van der Waals surface area contributed by atoms with Gasteiger partial charge in [0.2, 0.25) is 0 Å². The van der Waals surface area contributed by atoms with Crippen molar-refractivity contribution in [2.24, 2.45) is 0 Å². The molecule has 0 saturated heterocycles. The SMILES string of the molecule is O=C(O)C1(c2ccc3c(c2)OCOC3)CC1. The van der Waals surface area contributed by atoms with Crippen molar-refractivity contribution in [3.05, 3.63) is 29.3 Å². The number of fused-ring (bicyclic) bond motifs is 1. The number of benzene rings is 1. The van der Waals surface area contributed by atoms with E-state index in [9.17, 15) is 9.90 Å². The number of hydrogen-bond acceptors (Lipinski definition) is 3. The minimum absolute atomic E-state index is 0.247. The highest BCUT2D eigenvalue weighted by Gasteiger charge is 2.51. The zero-order valence-electron chi connectivity index (χ0n) is 8.73. The Kier molecular flexibility index (Phi) is 1.94. The second-order valence-electron chi connectivity index (χ2n) is 4.32. The molecule has 1 N–H and O–H groups in total. The Balaban J connectivity index is 2.00. The van der Waals surface area contributed by atoms with Gasteiger partial charge in [-0.1, -0.05) is 12.1 Å². The molecular formula is C12H12O4. The van der Waals surface area contributed by atoms with E-state index in [0.717, 1.165) is 29.7 Å². The fraction of sp³-hybridized carbons (Fsp3) is 0.417. The lowest BCUT2D eigenvalue weighted by Crippen LogP contribution is -2.20. The summed E-state index contributed by atoms with van der Waals surface area (Å²) in [5, 5.41) is 9.20. The molecular weight excluding hydrogens is 208 g/mol. The highest BCUT2D eigenvalue weighted by Crippen LogP contribution is 2.49. The van der Waals surface area contributed by atoms with Crippen LogP contribution in [0.15, 0.2) is 18.2 Å². The quantitative estimate of drug-likeness (QED) is 0.823. The van der Waals surface area contributed by atoms with Crippen LogP contribution in [0.2, 0.25) is 0 Å². The maximum atomic E-state index is 11.2. The van der Waals surface area contributed by atoms with E-state index in [2.05, 4.69) is 0 Å². The molecule has 0 aromatic heterocycles. The van der Waals surface area contributed by atoms with E-state index in [1.165, 1.54) is 0 Å². The second-order valence-corrected chi connectivity index (χ2v) is 4.32. The summed E-state index contributed by atoms with van der Waals surface area (Å²) in [5.41, 5.74) is 1.17. The average Bonchev–Trinajstić information content (AvgIpc) is 3.09. The third kappa shape index (κ3) is 1.30. The lowest BCUT2D eigenvalue weighted by atomic mass is 9.94. The summed E-state index contributed by atoms with van der Waals surface area (Å²) in [6.07, 6.45) is 1.44. The molecule has 1 aliphatic heterocycles. The second kappa shape index (κ2) is 3.22. The predicted octanol–water partition coefficient (Wildman–Crippen LogP) is 1.67. The van der Waals surface area contributed by atoms with Gasteiger partial charge in [-0.2, -0.15) is 0 Å². The van der Waals surface area contributed by atoms with E-state index in [1.807, 2.05) is 18.2 Å². The van der Waals surface area contributed by atoms with Crippen LogP contribution in [-0.2, 0) is 21.6 Å². The average molecular weight is 220 g/mol. The molecule has 1 aromatic carbocycles. The van der Waals surface area contributed by atoms with E-state index in [4.69, 9.17) is 9.47 Å². The molecule has 0 bridgehead atoms. The first-order valence-corrected chi connectivity index (χ1v) is 5.30. The molecule has 0 atom stereocenters. The van der Waals surface area contributed by atoms with Crippen LogP contribution >= 0.6 is 0 Å². The standard InChI is InChI=1S/C12H12O4/c13-11(14)12(3-4-12)9-2-1-8-6-15-7-16-10(8)5-9/h1-2,5H,3-4,6-7H2,(H,13,14). The molecule has 0 amide bonds. The molecule has 84 valence electrons. The molecule has 0 radical (unpaired) electrons. The van der Waals surface area contributed by atoms with E-state index in [0.29, 0.717) is 6.61 Å². The van der Waals surface area contributed by atoms with Gasteiger partial charge >= 0.3 is 5.97 Å². The fourth-order valence-electron chi connectivity index (χ4n) is 2.11. The summed E-state index contributed by atoms with van der Waals surface area (Å²) in [6.45, 7) is 0.784. The van der Waals surface area contributed by atoms with Crippen molar-refractivity contribution in [1.82, 2.24) is 0 Å². The van der Waals surface area contributed by atoms with Gasteiger partial charge in [0, 0.05) is 5.56 Å². The minimum atomic E-state index is -0.737. The number of carboxylic acid groups (broad SMARTS) is 1. The zero-order valence-corrected chi connectivity index (χ0v) is 8.73. The first kappa shape index (κ1) is 9.66. The van der Waals surface area contributed by atoms with Crippen LogP contribution < -0.4 is 4.74 Å². The first-order valence-electron chi connectivity index (χ1n) is 5.30. The lowest BCUT2D eigenvalue weighted by Gasteiger charge is -2.19. The van der Waals surface area contributed by atoms with Crippen molar-refractivity contribution >= 4 is 5.97 Å². The summed E-state index contributed by atoms with van der Waals surface area (Å²) < 4.78 is 10.5. The Bertz CT molecular complexity index is 448. The highest BCUT2D eigenvalue weighted by molar-refractivity contribution is 5.85. The van der Waals surface area contributed by atoms with Crippen molar-refractivity contribution in [3.63, 3.8) is 0 Å². The van der Waals surface area contributed by atoms with Gasteiger partial charge in [-0.15, -0.1) is 0 Å². The summed E-state index contributed by atoms with van der Waals surface area (Å²) >= 11 is 0. The predicted molar refractivity (Wildman–Crippen MR) is 55.3 cm³/mol. The molecule has 1 fully saturated rings. The van der Waals surface area contributed by atoms with Gasteiger partial charge in [-0.3, -0.25) is 4.79 Å². The summed E-state index contributed by atoms with van der Waals surface area (Å²) in [4.78, 5) is 11.2. The van der Waals surface area contributed by atoms with E-state index in [-0.39, 0.29) is 6.79 Å². The van der Waals surface area contributed by atoms with Gasteiger partial charge < -0.3 is 14.6 Å². The van der Waals surface area contributed by atoms with E-state index >= 15 is 0 Å². The van der Waals surface area contributed by atoms with Crippen molar-refractivity contribution in [2.45, 2.75) is 24.9 Å². The van der Waals surface area contributed by atoms with Crippen molar-refractivity contribution in [2.75, 3.05) is 6.79 Å². The summed E-state index contributed by atoms with van der Waals surface area (Å²) in [7, 11) is 0. The van der Waals surface area contributed by atoms with Crippen LogP contribution in [0.5, 0.6) is 5.75 Å². The maximum Gasteiger partial charge on any atom is 0.314 e. The van der Waals surface area contributed by atoms with Gasteiger partial charge in [0.15, 0.2) is 6.79 Å². The van der Waals surface area contributed by atoms with E-state index < -0.39 is 11.4 Å². The smallest absolute Gasteiger partial charge is 0.314 e. The molecule has 0 unspecified atom stereocenters. The molecule has 16 heavy (non-hydrogen) atoms. The minimum Gasteiger partial charge on any atom is -0.481 e. The molecule has 1 aliphatic carbocycles. The van der Waals surface area contributed by atoms with Crippen LogP contribution in [0, 0.1) is 0 Å². The first-order chi connectivity index (χ1) is 7.72. The van der Waals surface area contributed by atoms with E-state index in [1.54, 1.807) is 0 Å². The number of aliphatic carboxylic acids is 1. The molecule has 1 saturated carbocycles. The third-order valence-electron chi connectivity index (χ3n) is 3.33. The summed E-state index contributed by atoms with van der Waals surface area (Å²) in [5.74, 6) is 0.0239. The Morgan fingerprint density at radius 2 is 2.19 bits per heavy atom. The molecule has 3 rings (SSSR count). The zero-order chi connectivity index (χ0) is 11.2. The molecule has 4 heteroatoms. The van der Waals surface area contributed by atoms with Crippen LogP contribution in [-0.4, -0.2) is 17.9 Å². The number of carboxylic acids is 1. The fourth-order valence-corrected chi connectivity index (χ4v) is 2.11. The van der Waals surface area contributed by atoms with Crippen LogP contribution in [0.3, 0.4) is 0 Å². The normalized spacial score (nSPS) is 20.8. The van der Waals surface area contributed by atoms with Crippen LogP contribution in [0.25, 0.3) is 0 Å². The monoisotopic (exact) mass is 220 g/mol. The molecule has 0 spiro atoms. The van der Waals surface area contributed by atoms with Gasteiger partial charge in [0.1, 0.15) is 5.75 Å². The number of hydrogen-bond donors (Lipinski definition) is 1. The van der Waals surface area contributed by atoms with Gasteiger partial charge in [-0.25, -0.2) is 0 Å². The van der Waals surface area contributed by atoms with Gasteiger partial charge in [0.25, 0.3) is 0 Å². The van der Waals surface area contributed by atoms with Crippen molar-refractivity contribution in [3.8, 4) is 5.75 Å². The third-order valence-corrected chi connectivity index (χ3v) is 3.33. The van der Waals surface area contributed by atoms with Gasteiger partial charge in [-0.05, 0) is 24.5 Å². The molecule has 1 aromatic rings. The Morgan fingerprint density at radius 3 is 2.88 bits per heavy atom. The van der Waals surface area contributed by atoms with Gasteiger partial charge in [0.05, 0.1) is 12.0 Å². The highest BCUT2D eigenvalue weighted by atomic mass is 16.7. The Hall–Kier alpha value is -1.55. The van der Waals surface area contributed by atoms with Crippen molar-refractivity contribution in [1.29, 1.82) is 0 Å². The number of rotatable bonds is 2. The Morgan fingerprint density at radius 1 is 1.38 bits per heavy atom. The molecule has 4 nitrogen and oxygen atoms in total. The summed E-state index contributed by atoms with van der Waals surface area (Å²) in [6, 6.07) is 5.61. The maximum absolute atomic E-state index is 11.2. The number of carbonyl (C=O) groups is 1. The topological polar surface area (TPSA) is 55.8 Å². The largest absolute Gasteiger partial charge is 0.481 e. The van der Waals surface area contributed by atoms with Crippen LogP contribution in [0.4, 0.5) is 0 Å². The van der Waals surface area contributed by atoms with Crippen molar-refractivity contribution < 1.29 is 19.4 Å².